The Morgan fingerprint density at radius 1 is 1.09 bits per heavy atom. The Hall–Kier alpha value is -1.76. The lowest BCUT2D eigenvalue weighted by Gasteiger charge is -2.15. The van der Waals surface area contributed by atoms with E-state index in [-0.39, 0.29) is 11.7 Å². The number of rotatable bonds is 4. The molecule has 0 bridgehead atoms. The third-order valence-corrected chi connectivity index (χ3v) is 5.16. The molecule has 1 N–H and O–H groups in total. The second-order valence-electron chi connectivity index (χ2n) is 4.91. The van der Waals surface area contributed by atoms with Crippen LogP contribution in [0.5, 0.6) is 11.5 Å². The van der Waals surface area contributed by atoms with Crippen LogP contribution in [-0.4, -0.2) is 15.2 Å². The zero-order valence-electron chi connectivity index (χ0n) is 11.7. The molecule has 0 saturated carbocycles. The Morgan fingerprint density at radius 3 is 2.50 bits per heavy atom. The van der Waals surface area contributed by atoms with E-state index in [1.165, 1.54) is 12.1 Å². The van der Waals surface area contributed by atoms with E-state index >= 15 is 0 Å². The van der Waals surface area contributed by atoms with Crippen LogP contribution in [0.4, 0.5) is 0 Å². The average Bonchev–Trinajstić information content (AvgIpc) is 2.94. The molecule has 1 unspecified atom stereocenters. The molecule has 0 aromatic heterocycles. The third kappa shape index (κ3) is 3.04. The van der Waals surface area contributed by atoms with E-state index in [2.05, 4.69) is 4.72 Å². The van der Waals surface area contributed by atoms with Gasteiger partial charge in [0.1, 0.15) is 0 Å². The molecule has 5 nitrogen and oxygen atoms in total. The molecule has 7 heteroatoms. The van der Waals surface area contributed by atoms with Gasteiger partial charge in [-0.25, -0.2) is 13.1 Å². The number of benzene rings is 2. The van der Waals surface area contributed by atoms with E-state index in [0.717, 1.165) is 5.56 Å². The zero-order valence-corrected chi connectivity index (χ0v) is 13.3. The fourth-order valence-electron chi connectivity index (χ4n) is 2.17. The summed E-state index contributed by atoms with van der Waals surface area (Å²) in [4.78, 5) is 0.171. The van der Waals surface area contributed by atoms with Gasteiger partial charge in [0.05, 0.1) is 4.90 Å². The van der Waals surface area contributed by atoms with Crippen LogP contribution in [0.15, 0.2) is 47.4 Å². The Morgan fingerprint density at radius 2 is 1.77 bits per heavy atom. The Labute approximate surface area is 133 Å². The summed E-state index contributed by atoms with van der Waals surface area (Å²) < 4.78 is 37.9. The lowest BCUT2D eigenvalue weighted by atomic mass is 10.1. The highest BCUT2D eigenvalue weighted by molar-refractivity contribution is 7.89. The molecule has 0 saturated heterocycles. The highest BCUT2D eigenvalue weighted by atomic mass is 35.5. The first kappa shape index (κ1) is 15.1. The van der Waals surface area contributed by atoms with Crippen LogP contribution < -0.4 is 14.2 Å². The maximum absolute atomic E-state index is 12.4. The van der Waals surface area contributed by atoms with E-state index in [0.29, 0.717) is 16.5 Å². The van der Waals surface area contributed by atoms with Gasteiger partial charge in [-0.05, 0) is 48.9 Å². The van der Waals surface area contributed by atoms with Gasteiger partial charge in [-0.3, -0.25) is 0 Å². The van der Waals surface area contributed by atoms with Crippen LogP contribution in [0.2, 0.25) is 5.02 Å². The first-order chi connectivity index (χ1) is 10.5. The quantitative estimate of drug-likeness (QED) is 0.929. The summed E-state index contributed by atoms with van der Waals surface area (Å²) in [5, 5.41) is 0.489. The van der Waals surface area contributed by atoms with Gasteiger partial charge in [0.25, 0.3) is 0 Å². The smallest absolute Gasteiger partial charge is 0.241 e. The molecule has 0 amide bonds. The van der Waals surface area contributed by atoms with Crippen LogP contribution in [0.3, 0.4) is 0 Å². The molecular formula is C15H14ClNO4S. The van der Waals surface area contributed by atoms with Crippen molar-refractivity contribution >= 4 is 21.6 Å². The Kier molecular flexibility index (Phi) is 3.99. The van der Waals surface area contributed by atoms with Crippen molar-refractivity contribution in [2.75, 3.05) is 6.79 Å². The molecule has 1 aliphatic heterocycles. The third-order valence-electron chi connectivity index (χ3n) is 3.35. The fraction of sp³-hybridized carbons (Fsp3) is 0.200. The van der Waals surface area contributed by atoms with Crippen LogP contribution in [-0.2, 0) is 10.0 Å². The largest absolute Gasteiger partial charge is 0.454 e. The number of hydrogen-bond donors (Lipinski definition) is 1. The molecule has 116 valence electrons. The van der Waals surface area contributed by atoms with Crippen molar-refractivity contribution in [1.82, 2.24) is 4.72 Å². The van der Waals surface area contributed by atoms with Gasteiger partial charge >= 0.3 is 0 Å². The standard InChI is InChI=1S/C15H14ClNO4S/c1-10(11-2-7-14-15(8-11)21-9-20-14)17-22(18,19)13-5-3-12(16)4-6-13/h2-8,10,17H,9H2,1H3. The second-order valence-corrected chi connectivity index (χ2v) is 7.06. The van der Waals surface area contributed by atoms with Gasteiger partial charge in [-0.15, -0.1) is 0 Å². The van der Waals surface area contributed by atoms with Crippen LogP contribution in [0.25, 0.3) is 0 Å². The Balaban J connectivity index is 1.81. The van der Waals surface area contributed by atoms with Gasteiger partial charge in [0.15, 0.2) is 11.5 Å². The monoisotopic (exact) mass is 339 g/mol. The molecular weight excluding hydrogens is 326 g/mol. The number of halogens is 1. The van der Waals surface area contributed by atoms with Crippen molar-refractivity contribution in [2.24, 2.45) is 0 Å². The molecule has 3 rings (SSSR count). The van der Waals surface area contributed by atoms with Gasteiger partial charge in [0.2, 0.25) is 16.8 Å². The van der Waals surface area contributed by atoms with Crippen LogP contribution in [0.1, 0.15) is 18.5 Å². The van der Waals surface area contributed by atoms with Crippen LogP contribution in [0, 0.1) is 0 Å². The highest BCUT2D eigenvalue weighted by Gasteiger charge is 2.20. The van der Waals surface area contributed by atoms with Crippen LogP contribution >= 0.6 is 11.6 Å². The summed E-state index contributed by atoms with van der Waals surface area (Å²) in [7, 11) is -3.62. The normalized spacial score (nSPS) is 14.8. The maximum atomic E-state index is 12.4. The van der Waals surface area contributed by atoms with Crippen molar-refractivity contribution in [3.63, 3.8) is 0 Å². The molecule has 0 radical (unpaired) electrons. The van der Waals surface area contributed by atoms with Crippen molar-refractivity contribution < 1.29 is 17.9 Å². The van der Waals surface area contributed by atoms with Crippen molar-refractivity contribution in [3.05, 3.63) is 53.1 Å². The molecule has 0 spiro atoms. The molecule has 1 atom stereocenters. The number of nitrogens with one attached hydrogen (secondary N) is 1. The van der Waals surface area contributed by atoms with Gasteiger partial charge in [-0.2, -0.15) is 0 Å². The number of ether oxygens (including phenoxy) is 2. The molecule has 2 aromatic rings. The zero-order chi connectivity index (χ0) is 15.7. The predicted octanol–water partition coefficient (Wildman–Crippen LogP) is 3.11. The number of hydrogen-bond acceptors (Lipinski definition) is 4. The molecule has 1 heterocycles. The van der Waals surface area contributed by atoms with E-state index in [9.17, 15) is 8.42 Å². The first-order valence-corrected chi connectivity index (χ1v) is 8.49. The SMILES string of the molecule is CC(NS(=O)(=O)c1ccc(Cl)cc1)c1ccc2c(c1)OCO2. The van der Waals surface area contributed by atoms with E-state index < -0.39 is 16.1 Å². The number of fused-ring (bicyclic) bond motifs is 1. The molecule has 0 fully saturated rings. The minimum Gasteiger partial charge on any atom is -0.454 e. The lowest BCUT2D eigenvalue weighted by molar-refractivity contribution is 0.174. The van der Waals surface area contributed by atoms with E-state index in [1.807, 2.05) is 6.07 Å². The topological polar surface area (TPSA) is 64.6 Å². The summed E-state index contributed by atoms with van der Waals surface area (Å²) >= 11 is 5.78. The summed E-state index contributed by atoms with van der Waals surface area (Å²) in [6.45, 7) is 1.95. The lowest BCUT2D eigenvalue weighted by Crippen LogP contribution is -2.26. The number of sulfonamides is 1. The summed E-state index contributed by atoms with van der Waals surface area (Å²) in [5.41, 5.74) is 0.793. The molecule has 2 aromatic carbocycles. The highest BCUT2D eigenvalue weighted by Crippen LogP contribution is 2.34. The minimum absolute atomic E-state index is 0.171. The van der Waals surface area contributed by atoms with Gasteiger partial charge < -0.3 is 9.47 Å². The predicted molar refractivity (Wildman–Crippen MR) is 82.8 cm³/mol. The second kappa shape index (κ2) is 5.79. The van der Waals surface area contributed by atoms with Crippen molar-refractivity contribution in [1.29, 1.82) is 0 Å². The summed E-state index contributed by atoms with van der Waals surface area (Å²) in [6, 6.07) is 11.0. The van der Waals surface area contributed by atoms with Gasteiger partial charge in [-0.1, -0.05) is 17.7 Å². The van der Waals surface area contributed by atoms with Gasteiger partial charge in [0, 0.05) is 11.1 Å². The first-order valence-electron chi connectivity index (χ1n) is 6.63. The van der Waals surface area contributed by atoms with Crippen molar-refractivity contribution in [3.8, 4) is 11.5 Å². The summed E-state index contributed by atoms with van der Waals surface area (Å²) in [6.07, 6.45) is 0. The fourth-order valence-corrected chi connectivity index (χ4v) is 3.52. The molecule has 22 heavy (non-hydrogen) atoms. The Bertz CT molecular complexity index is 790. The van der Waals surface area contributed by atoms with E-state index in [4.69, 9.17) is 21.1 Å². The molecule has 0 aliphatic carbocycles. The van der Waals surface area contributed by atoms with Crippen molar-refractivity contribution in [2.45, 2.75) is 17.9 Å². The van der Waals surface area contributed by atoms with E-state index in [1.54, 1.807) is 31.2 Å². The maximum Gasteiger partial charge on any atom is 0.241 e. The summed E-state index contributed by atoms with van der Waals surface area (Å²) in [5.74, 6) is 1.28. The average molecular weight is 340 g/mol. The molecule has 1 aliphatic rings. The minimum atomic E-state index is -3.62.